The third kappa shape index (κ3) is 6.63. The Balaban J connectivity index is 1.01. The van der Waals surface area contributed by atoms with Gasteiger partial charge in [0.05, 0.1) is 4.90 Å². The molecule has 0 atom stereocenters. The lowest BCUT2D eigenvalue weighted by Crippen LogP contribution is -2.48. The number of anilines is 1. The minimum atomic E-state index is -3.60. The van der Waals surface area contributed by atoms with E-state index in [1.54, 1.807) is 28.6 Å². The quantitative estimate of drug-likeness (QED) is 0.318. The van der Waals surface area contributed by atoms with Gasteiger partial charge in [0, 0.05) is 63.6 Å². The van der Waals surface area contributed by atoms with Crippen molar-refractivity contribution < 1.29 is 13.2 Å². The first kappa shape index (κ1) is 28.3. The largest absolute Gasteiger partial charge is 0.322 e. The average Bonchev–Trinajstić information content (AvgIpc) is 3.02. The second kappa shape index (κ2) is 12.6. The van der Waals surface area contributed by atoms with Crippen LogP contribution in [-0.2, 0) is 36.1 Å². The molecular formula is C34H36N4O3S. The maximum Gasteiger partial charge on any atom is 0.255 e. The molecule has 6 rings (SSSR count). The maximum absolute atomic E-state index is 13.3. The van der Waals surface area contributed by atoms with Crippen LogP contribution in [0.25, 0.3) is 0 Å². The summed E-state index contributed by atoms with van der Waals surface area (Å²) < 4.78 is 28.1. The fourth-order valence-corrected chi connectivity index (χ4v) is 7.16. The van der Waals surface area contributed by atoms with Gasteiger partial charge in [-0.1, -0.05) is 66.7 Å². The van der Waals surface area contributed by atoms with E-state index < -0.39 is 10.0 Å². The van der Waals surface area contributed by atoms with Crippen molar-refractivity contribution in [2.24, 2.45) is 0 Å². The summed E-state index contributed by atoms with van der Waals surface area (Å²) >= 11 is 0. The lowest BCUT2D eigenvalue weighted by molar-refractivity contribution is 0.102. The van der Waals surface area contributed by atoms with Gasteiger partial charge in [-0.2, -0.15) is 4.31 Å². The third-order valence-corrected chi connectivity index (χ3v) is 10.1. The van der Waals surface area contributed by atoms with E-state index in [1.165, 1.54) is 22.3 Å². The molecule has 216 valence electrons. The van der Waals surface area contributed by atoms with Gasteiger partial charge in [0.2, 0.25) is 10.0 Å². The molecule has 8 heteroatoms. The Bertz CT molecular complexity index is 1620. The molecule has 2 heterocycles. The molecule has 7 nitrogen and oxygen atoms in total. The maximum atomic E-state index is 13.3. The highest BCUT2D eigenvalue weighted by atomic mass is 32.2. The van der Waals surface area contributed by atoms with Crippen LogP contribution in [0.5, 0.6) is 0 Å². The summed E-state index contributed by atoms with van der Waals surface area (Å²) in [6.45, 7) is 5.90. The lowest BCUT2D eigenvalue weighted by Gasteiger charge is -2.34. The molecule has 1 saturated heterocycles. The topological polar surface area (TPSA) is 73.0 Å². The second-order valence-corrected chi connectivity index (χ2v) is 13.0. The standard InChI is InChI=1S/C34H36N4O3S/c39-34(30-12-10-28(11-13-30)25-37-19-18-29-8-4-5-9-31(29)26-37)35-32-14-16-33(17-15-32)42(40,41)38-22-20-36(21-23-38)24-27-6-2-1-3-7-27/h1-17H,18-26H2,(H,35,39). The predicted octanol–water partition coefficient (Wildman–Crippen LogP) is 5.00. The average molecular weight is 581 g/mol. The van der Waals surface area contributed by atoms with Gasteiger partial charge in [0.1, 0.15) is 0 Å². The third-order valence-electron chi connectivity index (χ3n) is 8.16. The number of piperazine rings is 1. The molecule has 0 unspecified atom stereocenters. The predicted molar refractivity (Wildman–Crippen MR) is 166 cm³/mol. The fourth-order valence-electron chi connectivity index (χ4n) is 5.74. The number of nitrogens with one attached hydrogen (secondary N) is 1. The number of amides is 1. The molecule has 0 radical (unpaired) electrons. The number of rotatable bonds is 8. The Kier molecular flexibility index (Phi) is 8.48. The normalized spacial score (nSPS) is 16.6. The fraction of sp³-hybridized carbons (Fsp3) is 0.265. The Morgan fingerprint density at radius 1 is 0.643 bits per heavy atom. The van der Waals surface area contributed by atoms with Crippen molar-refractivity contribution in [3.63, 3.8) is 0 Å². The van der Waals surface area contributed by atoms with E-state index in [9.17, 15) is 13.2 Å². The molecule has 2 aliphatic heterocycles. The summed E-state index contributed by atoms with van der Waals surface area (Å²) in [7, 11) is -3.60. The Labute approximate surface area is 248 Å². The number of sulfonamides is 1. The zero-order valence-electron chi connectivity index (χ0n) is 23.7. The summed E-state index contributed by atoms with van der Waals surface area (Å²) in [4.78, 5) is 17.8. The molecule has 1 N–H and O–H groups in total. The van der Waals surface area contributed by atoms with Crippen molar-refractivity contribution in [1.82, 2.24) is 14.1 Å². The zero-order chi connectivity index (χ0) is 28.9. The van der Waals surface area contributed by atoms with Crippen LogP contribution in [-0.4, -0.2) is 61.2 Å². The van der Waals surface area contributed by atoms with E-state index in [1.807, 2.05) is 42.5 Å². The molecular weight excluding hydrogens is 544 g/mol. The van der Waals surface area contributed by atoms with Crippen LogP contribution in [0, 0.1) is 0 Å². The molecule has 1 fully saturated rings. The first-order chi connectivity index (χ1) is 20.4. The van der Waals surface area contributed by atoms with Crippen LogP contribution in [0.4, 0.5) is 5.69 Å². The van der Waals surface area contributed by atoms with E-state index in [4.69, 9.17) is 0 Å². The highest BCUT2D eigenvalue weighted by Gasteiger charge is 2.28. The number of carbonyl (C=O) groups excluding carboxylic acids is 1. The number of hydrogen-bond donors (Lipinski definition) is 1. The van der Waals surface area contributed by atoms with Gasteiger partial charge < -0.3 is 5.32 Å². The first-order valence-corrected chi connectivity index (χ1v) is 15.9. The van der Waals surface area contributed by atoms with Crippen molar-refractivity contribution in [3.05, 3.63) is 131 Å². The van der Waals surface area contributed by atoms with Gasteiger partial charge in [-0.05, 0) is 65.1 Å². The van der Waals surface area contributed by atoms with Crippen molar-refractivity contribution in [3.8, 4) is 0 Å². The van der Waals surface area contributed by atoms with Gasteiger partial charge >= 0.3 is 0 Å². The summed E-state index contributed by atoms with van der Waals surface area (Å²) in [6.07, 6.45) is 1.06. The van der Waals surface area contributed by atoms with Gasteiger partial charge in [-0.15, -0.1) is 0 Å². The van der Waals surface area contributed by atoms with Gasteiger partial charge in [0.15, 0.2) is 0 Å². The van der Waals surface area contributed by atoms with E-state index in [0.717, 1.165) is 32.6 Å². The van der Waals surface area contributed by atoms with Gasteiger partial charge in [-0.25, -0.2) is 8.42 Å². The molecule has 0 aromatic heterocycles. The summed E-state index contributed by atoms with van der Waals surface area (Å²) in [5.74, 6) is -0.224. The van der Waals surface area contributed by atoms with Crippen LogP contribution in [0.15, 0.2) is 108 Å². The minimum Gasteiger partial charge on any atom is -0.322 e. The molecule has 0 bridgehead atoms. The smallest absolute Gasteiger partial charge is 0.255 e. The van der Waals surface area contributed by atoms with Crippen LogP contribution in [0.3, 0.4) is 0 Å². The van der Waals surface area contributed by atoms with Crippen molar-refractivity contribution >= 4 is 21.6 Å². The molecule has 1 amide bonds. The van der Waals surface area contributed by atoms with Gasteiger partial charge in [0.25, 0.3) is 5.91 Å². The Morgan fingerprint density at radius 3 is 1.98 bits per heavy atom. The molecule has 0 aliphatic carbocycles. The van der Waals surface area contributed by atoms with Crippen molar-refractivity contribution in [2.45, 2.75) is 31.0 Å². The summed E-state index contributed by atoms with van der Waals surface area (Å²) in [5.41, 5.74) is 6.34. The van der Waals surface area contributed by atoms with E-state index in [-0.39, 0.29) is 10.8 Å². The monoisotopic (exact) mass is 580 g/mol. The highest BCUT2D eigenvalue weighted by Crippen LogP contribution is 2.22. The van der Waals surface area contributed by atoms with Crippen LogP contribution in [0.1, 0.15) is 32.6 Å². The molecule has 42 heavy (non-hydrogen) atoms. The summed E-state index contributed by atoms with van der Waals surface area (Å²) in [5, 5.41) is 2.89. The second-order valence-electron chi connectivity index (χ2n) is 11.1. The summed E-state index contributed by atoms with van der Waals surface area (Å²) in [6, 6.07) is 33.0. The number of hydrogen-bond acceptors (Lipinski definition) is 5. The highest BCUT2D eigenvalue weighted by molar-refractivity contribution is 7.89. The lowest BCUT2D eigenvalue weighted by atomic mass is 9.99. The molecule has 2 aliphatic rings. The molecule has 0 saturated carbocycles. The molecule has 0 spiro atoms. The van der Waals surface area contributed by atoms with E-state index >= 15 is 0 Å². The van der Waals surface area contributed by atoms with Crippen LogP contribution >= 0.6 is 0 Å². The zero-order valence-corrected chi connectivity index (χ0v) is 24.5. The molecule has 4 aromatic rings. The van der Waals surface area contributed by atoms with Crippen molar-refractivity contribution in [1.29, 1.82) is 0 Å². The Morgan fingerprint density at radius 2 is 1.26 bits per heavy atom. The first-order valence-electron chi connectivity index (χ1n) is 14.5. The van der Waals surface area contributed by atoms with Crippen LogP contribution in [0.2, 0.25) is 0 Å². The SMILES string of the molecule is O=C(Nc1ccc(S(=O)(=O)N2CCN(Cc3ccccc3)CC2)cc1)c1ccc(CN2CCc3ccccc3C2)cc1. The molecule has 4 aromatic carbocycles. The Hall–Kier alpha value is -3.82. The van der Waals surface area contributed by atoms with E-state index in [2.05, 4.69) is 51.5 Å². The minimum absolute atomic E-state index is 0.224. The van der Waals surface area contributed by atoms with Crippen LogP contribution < -0.4 is 5.32 Å². The van der Waals surface area contributed by atoms with Gasteiger partial charge in [-0.3, -0.25) is 14.6 Å². The van der Waals surface area contributed by atoms with E-state index in [0.29, 0.717) is 37.4 Å². The number of fused-ring (bicyclic) bond motifs is 1. The number of nitrogens with zero attached hydrogens (tertiary/aromatic N) is 3. The number of benzene rings is 4. The van der Waals surface area contributed by atoms with Crippen molar-refractivity contribution in [2.75, 3.05) is 38.0 Å². The number of carbonyl (C=O) groups is 1.